The molecule has 3 aromatic carbocycles. The van der Waals surface area contributed by atoms with E-state index in [-0.39, 0.29) is 22.2 Å². The van der Waals surface area contributed by atoms with Crippen molar-refractivity contribution < 1.29 is 22.7 Å². The third kappa shape index (κ3) is 5.90. The number of sulfonamides is 1. The monoisotopic (exact) mass is 460 g/mol. The molecule has 162 valence electrons. The standard InChI is InChI=1S/C22H21ClN2O5S/c1-15-7-8-16(24-22(26)14-30-18-11-9-17(29-2)10-12-18)13-21(15)31(27,28)25-20-6-4-3-5-19(20)23/h3-13,25H,14H2,1-2H3,(H,24,26). The number of benzene rings is 3. The summed E-state index contributed by atoms with van der Waals surface area (Å²) in [6.07, 6.45) is 0. The van der Waals surface area contributed by atoms with Crippen LogP contribution in [0.15, 0.2) is 71.6 Å². The van der Waals surface area contributed by atoms with Crippen LogP contribution in [0, 0.1) is 6.92 Å². The molecule has 0 saturated carbocycles. The van der Waals surface area contributed by atoms with Crippen LogP contribution < -0.4 is 19.5 Å². The summed E-state index contributed by atoms with van der Waals surface area (Å²) in [5, 5.41) is 2.92. The van der Waals surface area contributed by atoms with Gasteiger partial charge >= 0.3 is 0 Å². The minimum absolute atomic E-state index is 0.0290. The van der Waals surface area contributed by atoms with Gasteiger partial charge in [0, 0.05) is 5.69 Å². The van der Waals surface area contributed by atoms with E-state index in [9.17, 15) is 13.2 Å². The zero-order valence-electron chi connectivity index (χ0n) is 16.9. The molecule has 7 nitrogen and oxygen atoms in total. The highest BCUT2D eigenvalue weighted by Gasteiger charge is 2.19. The number of hydrogen-bond acceptors (Lipinski definition) is 5. The van der Waals surface area contributed by atoms with Crippen LogP contribution in [-0.4, -0.2) is 28.0 Å². The van der Waals surface area contributed by atoms with Crippen molar-refractivity contribution in [1.82, 2.24) is 0 Å². The van der Waals surface area contributed by atoms with Crippen molar-refractivity contribution in [2.24, 2.45) is 0 Å². The summed E-state index contributed by atoms with van der Waals surface area (Å²) in [7, 11) is -2.36. The number of methoxy groups -OCH3 is 1. The average molecular weight is 461 g/mol. The van der Waals surface area contributed by atoms with Crippen molar-refractivity contribution in [3.63, 3.8) is 0 Å². The molecule has 0 heterocycles. The number of aryl methyl sites for hydroxylation is 1. The first-order valence-corrected chi connectivity index (χ1v) is 11.1. The van der Waals surface area contributed by atoms with Crippen molar-refractivity contribution in [2.75, 3.05) is 23.8 Å². The van der Waals surface area contributed by atoms with E-state index in [1.165, 1.54) is 6.07 Å². The van der Waals surface area contributed by atoms with Gasteiger partial charge in [-0.25, -0.2) is 8.42 Å². The molecule has 0 radical (unpaired) electrons. The molecule has 1 amide bonds. The summed E-state index contributed by atoms with van der Waals surface area (Å²) in [4.78, 5) is 12.3. The molecule has 2 N–H and O–H groups in total. The maximum atomic E-state index is 12.9. The van der Waals surface area contributed by atoms with E-state index in [2.05, 4.69) is 10.0 Å². The maximum absolute atomic E-state index is 12.9. The molecule has 3 rings (SSSR count). The van der Waals surface area contributed by atoms with Gasteiger partial charge in [0.2, 0.25) is 0 Å². The number of hydrogen-bond donors (Lipinski definition) is 2. The van der Waals surface area contributed by atoms with Crippen LogP contribution in [0.1, 0.15) is 5.56 Å². The van der Waals surface area contributed by atoms with Gasteiger partial charge in [-0.15, -0.1) is 0 Å². The Kier molecular flexibility index (Phi) is 7.04. The van der Waals surface area contributed by atoms with E-state index in [1.54, 1.807) is 74.7 Å². The van der Waals surface area contributed by atoms with Crippen LogP contribution in [0.25, 0.3) is 0 Å². The number of para-hydroxylation sites is 1. The number of nitrogens with one attached hydrogen (secondary N) is 2. The predicted molar refractivity (Wildman–Crippen MR) is 121 cm³/mol. The number of carbonyl (C=O) groups is 1. The Hall–Kier alpha value is -3.23. The normalized spacial score (nSPS) is 10.9. The number of amides is 1. The molecule has 0 aromatic heterocycles. The Morgan fingerprint density at radius 2 is 1.68 bits per heavy atom. The van der Waals surface area contributed by atoms with Gasteiger partial charge in [0.05, 0.1) is 22.7 Å². The van der Waals surface area contributed by atoms with Crippen LogP contribution in [0.4, 0.5) is 11.4 Å². The fourth-order valence-corrected chi connectivity index (χ4v) is 4.32. The molecule has 31 heavy (non-hydrogen) atoms. The smallest absolute Gasteiger partial charge is 0.262 e. The highest BCUT2D eigenvalue weighted by atomic mass is 35.5. The lowest BCUT2D eigenvalue weighted by atomic mass is 10.2. The van der Waals surface area contributed by atoms with Gasteiger partial charge in [-0.1, -0.05) is 29.8 Å². The predicted octanol–water partition coefficient (Wildman–Crippen LogP) is 4.48. The zero-order valence-corrected chi connectivity index (χ0v) is 18.5. The number of ether oxygens (including phenoxy) is 2. The van der Waals surface area contributed by atoms with Crippen molar-refractivity contribution in [3.8, 4) is 11.5 Å². The molecule has 0 spiro atoms. The molecule has 0 saturated heterocycles. The third-order valence-corrected chi connectivity index (χ3v) is 6.15. The van der Waals surface area contributed by atoms with Crippen molar-refractivity contribution in [2.45, 2.75) is 11.8 Å². The average Bonchev–Trinajstić information content (AvgIpc) is 2.75. The van der Waals surface area contributed by atoms with Crippen LogP contribution in [0.3, 0.4) is 0 Å². The quantitative estimate of drug-likeness (QED) is 0.517. The number of anilines is 2. The fourth-order valence-electron chi connectivity index (χ4n) is 2.73. The van der Waals surface area contributed by atoms with Crippen LogP contribution in [0.2, 0.25) is 5.02 Å². The summed E-state index contributed by atoms with van der Waals surface area (Å²) in [5.74, 6) is 0.754. The van der Waals surface area contributed by atoms with E-state index in [4.69, 9.17) is 21.1 Å². The lowest BCUT2D eigenvalue weighted by Gasteiger charge is -2.13. The Morgan fingerprint density at radius 1 is 1.00 bits per heavy atom. The topological polar surface area (TPSA) is 93.7 Å². The van der Waals surface area contributed by atoms with Gasteiger partial charge in [-0.05, 0) is 61.0 Å². The molecule has 0 fully saturated rings. The molecular weight excluding hydrogens is 440 g/mol. The van der Waals surface area contributed by atoms with Crippen LogP contribution in [0.5, 0.6) is 11.5 Å². The second kappa shape index (κ2) is 9.72. The number of halogens is 1. The zero-order chi connectivity index (χ0) is 22.4. The summed E-state index contributed by atoms with van der Waals surface area (Å²) < 4.78 is 38.7. The summed E-state index contributed by atoms with van der Waals surface area (Å²) in [6, 6.07) is 18.0. The van der Waals surface area contributed by atoms with E-state index >= 15 is 0 Å². The van der Waals surface area contributed by atoms with Gasteiger partial charge < -0.3 is 14.8 Å². The molecule has 0 bridgehead atoms. The van der Waals surface area contributed by atoms with Crippen LogP contribution >= 0.6 is 11.6 Å². The molecule has 0 aliphatic rings. The lowest BCUT2D eigenvalue weighted by molar-refractivity contribution is -0.118. The summed E-state index contributed by atoms with van der Waals surface area (Å²) in [5.41, 5.74) is 1.12. The van der Waals surface area contributed by atoms with E-state index in [0.29, 0.717) is 22.7 Å². The molecule has 0 aliphatic heterocycles. The Balaban J connectivity index is 1.69. The minimum atomic E-state index is -3.92. The minimum Gasteiger partial charge on any atom is -0.497 e. The first kappa shape index (κ1) is 22.5. The van der Waals surface area contributed by atoms with E-state index in [1.807, 2.05) is 0 Å². The van der Waals surface area contributed by atoms with Crippen molar-refractivity contribution in [3.05, 3.63) is 77.3 Å². The largest absolute Gasteiger partial charge is 0.497 e. The fraction of sp³-hybridized carbons (Fsp3) is 0.136. The van der Waals surface area contributed by atoms with Gasteiger partial charge in [-0.2, -0.15) is 0 Å². The maximum Gasteiger partial charge on any atom is 0.262 e. The molecular formula is C22H21ClN2O5S. The molecule has 0 atom stereocenters. The Morgan fingerprint density at radius 3 is 2.35 bits per heavy atom. The van der Waals surface area contributed by atoms with Crippen molar-refractivity contribution in [1.29, 1.82) is 0 Å². The SMILES string of the molecule is COc1ccc(OCC(=O)Nc2ccc(C)c(S(=O)(=O)Nc3ccccc3Cl)c2)cc1. The summed E-state index contributed by atoms with van der Waals surface area (Å²) in [6.45, 7) is 1.43. The lowest BCUT2D eigenvalue weighted by Crippen LogP contribution is -2.21. The molecule has 0 aliphatic carbocycles. The second-order valence-corrected chi connectivity index (χ2v) is 8.64. The number of rotatable bonds is 8. The first-order chi connectivity index (χ1) is 14.8. The van der Waals surface area contributed by atoms with Gasteiger partial charge in [0.25, 0.3) is 15.9 Å². The number of carbonyl (C=O) groups excluding carboxylic acids is 1. The molecule has 3 aromatic rings. The molecule has 9 heteroatoms. The van der Waals surface area contributed by atoms with Crippen LogP contribution in [-0.2, 0) is 14.8 Å². The third-order valence-electron chi connectivity index (χ3n) is 4.31. The van der Waals surface area contributed by atoms with Crippen molar-refractivity contribution >= 4 is 38.9 Å². The Bertz CT molecular complexity index is 1180. The summed E-state index contributed by atoms with van der Waals surface area (Å²) >= 11 is 6.06. The second-order valence-electron chi connectivity index (χ2n) is 6.58. The molecule has 0 unspecified atom stereocenters. The van der Waals surface area contributed by atoms with Gasteiger partial charge in [0.1, 0.15) is 11.5 Å². The highest BCUT2D eigenvalue weighted by Crippen LogP contribution is 2.27. The van der Waals surface area contributed by atoms with Gasteiger partial charge in [0.15, 0.2) is 6.61 Å². The van der Waals surface area contributed by atoms with E-state index in [0.717, 1.165) is 0 Å². The first-order valence-electron chi connectivity index (χ1n) is 9.23. The Labute approximate surface area is 186 Å². The van der Waals surface area contributed by atoms with E-state index < -0.39 is 15.9 Å². The highest BCUT2D eigenvalue weighted by molar-refractivity contribution is 7.92. The van der Waals surface area contributed by atoms with Gasteiger partial charge in [-0.3, -0.25) is 9.52 Å².